The topological polar surface area (TPSA) is 73.0 Å². The number of rotatable bonds is 3. The van der Waals surface area contributed by atoms with Crippen molar-refractivity contribution in [2.45, 2.75) is 65.0 Å². The van der Waals surface area contributed by atoms with Crippen molar-refractivity contribution < 1.29 is 4.79 Å². The molecule has 31 heavy (non-hydrogen) atoms. The molecule has 3 heterocycles. The number of fused-ring (bicyclic) bond motifs is 2. The van der Waals surface area contributed by atoms with Gasteiger partial charge in [0.05, 0.1) is 11.9 Å². The van der Waals surface area contributed by atoms with Crippen molar-refractivity contribution in [3.8, 4) is 5.69 Å². The van der Waals surface area contributed by atoms with E-state index >= 15 is 0 Å². The van der Waals surface area contributed by atoms with Crippen LogP contribution >= 0.6 is 0 Å². The van der Waals surface area contributed by atoms with E-state index in [-0.39, 0.29) is 18.0 Å². The van der Waals surface area contributed by atoms with Gasteiger partial charge in [-0.1, -0.05) is 18.9 Å². The summed E-state index contributed by atoms with van der Waals surface area (Å²) in [6.45, 7) is 4.91. The van der Waals surface area contributed by atoms with Gasteiger partial charge in [0.2, 0.25) is 5.91 Å². The Labute approximate surface area is 181 Å². The molecule has 2 aliphatic rings. The molecule has 0 N–H and O–H groups in total. The van der Waals surface area contributed by atoms with Crippen LogP contribution in [0.4, 0.5) is 0 Å². The molecule has 1 aromatic carbocycles. The molecule has 1 aliphatic heterocycles. The summed E-state index contributed by atoms with van der Waals surface area (Å²) in [6.07, 6.45) is 10.1. The number of hydrogen-bond donors (Lipinski definition) is 0. The van der Waals surface area contributed by atoms with Crippen molar-refractivity contribution in [1.29, 1.82) is 0 Å². The van der Waals surface area contributed by atoms with Crippen LogP contribution < -0.4 is 5.56 Å². The van der Waals surface area contributed by atoms with Gasteiger partial charge in [0.1, 0.15) is 18.3 Å². The number of amides is 1. The quantitative estimate of drug-likeness (QED) is 0.652. The second kappa shape index (κ2) is 7.94. The molecule has 5 rings (SSSR count). The van der Waals surface area contributed by atoms with Gasteiger partial charge in [-0.15, -0.1) is 0 Å². The van der Waals surface area contributed by atoms with Crippen LogP contribution in [-0.2, 0) is 11.3 Å². The Morgan fingerprint density at radius 3 is 2.61 bits per heavy atom. The number of carbonyl (C=O) groups is 1. The van der Waals surface area contributed by atoms with Crippen LogP contribution in [0.3, 0.4) is 0 Å². The van der Waals surface area contributed by atoms with E-state index in [1.807, 2.05) is 30.9 Å². The Hall–Kier alpha value is -2.96. The van der Waals surface area contributed by atoms with Crippen LogP contribution in [0.5, 0.6) is 0 Å². The first kappa shape index (κ1) is 20.0. The van der Waals surface area contributed by atoms with Crippen LogP contribution in [0.1, 0.15) is 49.7 Å². The molecule has 7 nitrogen and oxygen atoms in total. The molecular weight excluding hydrogens is 390 g/mol. The molecule has 0 radical (unpaired) electrons. The van der Waals surface area contributed by atoms with Gasteiger partial charge in [-0.2, -0.15) is 5.10 Å². The average molecular weight is 420 g/mol. The van der Waals surface area contributed by atoms with Crippen molar-refractivity contribution in [3.63, 3.8) is 0 Å². The van der Waals surface area contributed by atoms with E-state index in [4.69, 9.17) is 0 Å². The van der Waals surface area contributed by atoms with Crippen LogP contribution in [0.2, 0.25) is 0 Å². The van der Waals surface area contributed by atoms with Gasteiger partial charge in [-0.3, -0.25) is 14.2 Å². The van der Waals surface area contributed by atoms with Crippen molar-refractivity contribution >= 4 is 16.9 Å². The number of benzene rings is 1. The predicted octanol–water partition coefficient (Wildman–Crippen LogP) is 3.38. The molecule has 0 bridgehead atoms. The van der Waals surface area contributed by atoms with E-state index in [9.17, 15) is 9.59 Å². The molecule has 1 amide bonds. The normalized spacial score (nSPS) is 21.3. The predicted molar refractivity (Wildman–Crippen MR) is 119 cm³/mol. The highest BCUT2D eigenvalue weighted by Crippen LogP contribution is 2.35. The van der Waals surface area contributed by atoms with Gasteiger partial charge < -0.3 is 4.90 Å². The molecule has 2 aromatic heterocycles. The second-order valence-electron chi connectivity index (χ2n) is 9.16. The fourth-order valence-electron chi connectivity index (χ4n) is 5.49. The fourth-order valence-corrected chi connectivity index (χ4v) is 5.49. The first-order chi connectivity index (χ1) is 15.0. The monoisotopic (exact) mass is 419 g/mol. The molecule has 1 saturated heterocycles. The van der Waals surface area contributed by atoms with Crippen molar-refractivity contribution in [1.82, 2.24) is 24.2 Å². The minimum absolute atomic E-state index is 0.0292. The average Bonchev–Trinajstić information content (AvgIpc) is 3.19. The maximum absolute atomic E-state index is 13.1. The second-order valence-corrected chi connectivity index (χ2v) is 9.16. The first-order valence-corrected chi connectivity index (χ1v) is 11.3. The summed E-state index contributed by atoms with van der Waals surface area (Å²) in [5, 5.41) is 4.85. The number of carbonyl (C=O) groups excluding carboxylic acids is 1. The number of piperidine rings is 1. The molecule has 0 spiro atoms. The van der Waals surface area contributed by atoms with Gasteiger partial charge in [-0.25, -0.2) is 9.67 Å². The molecule has 2 fully saturated rings. The SMILES string of the molecule is Cc1cc(C)cc(-n2ncc3c(=O)n(CC(=O)N4CCCC5CCCCC54)cnc32)c1. The standard InChI is InChI=1S/C24H29N5O2/c1-16-10-17(2)12-19(11-16)29-23-20(13-26-29)24(31)27(15-25-23)14-22(30)28-9-5-7-18-6-3-4-8-21(18)28/h10-13,15,18,21H,3-9,14H2,1-2H3. The van der Waals surface area contributed by atoms with E-state index < -0.39 is 0 Å². The third kappa shape index (κ3) is 3.66. The minimum Gasteiger partial charge on any atom is -0.338 e. The van der Waals surface area contributed by atoms with Crippen molar-refractivity contribution in [3.05, 3.63) is 52.2 Å². The zero-order valence-corrected chi connectivity index (χ0v) is 18.3. The third-order valence-electron chi connectivity index (χ3n) is 6.87. The molecule has 1 aliphatic carbocycles. The zero-order chi connectivity index (χ0) is 21.5. The third-order valence-corrected chi connectivity index (χ3v) is 6.87. The smallest absolute Gasteiger partial charge is 0.264 e. The molecule has 162 valence electrons. The van der Waals surface area contributed by atoms with E-state index in [2.05, 4.69) is 16.1 Å². The number of aromatic nitrogens is 4. The lowest BCUT2D eigenvalue weighted by Crippen LogP contribution is -2.51. The summed E-state index contributed by atoms with van der Waals surface area (Å²) in [7, 11) is 0. The van der Waals surface area contributed by atoms with E-state index in [0.717, 1.165) is 36.2 Å². The van der Waals surface area contributed by atoms with E-state index in [0.29, 0.717) is 23.0 Å². The lowest BCUT2D eigenvalue weighted by atomic mass is 9.78. The Bertz CT molecular complexity index is 1170. The number of likely N-dealkylation sites (tertiary alicyclic amines) is 1. The van der Waals surface area contributed by atoms with Gasteiger partial charge in [-0.05, 0) is 68.7 Å². The fraction of sp³-hybridized carbons (Fsp3) is 0.500. The summed E-state index contributed by atoms with van der Waals surface area (Å²) >= 11 is 0. The Kier molecular flexibility index (Phi) is 5.12. The first-order valence-electron chi connectivity index (χ1n) is 11.3. The maximum Gasteiger partial charge on any atom is 0.264 e. The van der Waals surface area contributed by atoms with Gasteiger partial charge in [0, 0.05) is 12.6 Å². The van der Waals surface area contributed by atoms with Gasteiger partial charge in [0.25, 0.3) is 5.56 Å². The largest absolute Gasteiger partial charge is 0.338 e. The van der Waals surface area contributed by atoms with E-state index in [1.165, 1.54) is 36.6 Å². The number of aryl methyl sites for hydroxylation is 2. The highest BCUT2D eigenvalue weighted by atomic mass is 16.2. The summed E-state index contributed by atoms with van der Waals surface area (Å²) < 4.78 is 3.13. The van der Waals surface area contributed by atoms with Crippen molar-refractivity contribution in [2.24, 2.45) is 5.92 Å². The maximum atomic E-state index is 13.1. The Morgan fingerprint density at radius 1 is 1.06 bits per heavy atom. The molecule has 1 saturated carbocycles. The molecule has 2 atom stereocenters. The van der Waals surface area contributed by atoms with Crippen LogP contribution in [-0.4, -0.2) is 42.7 Å². The summed E-state index contributed by atoms with van der Waals surface area (Å²) in [4.78, 5) is 32.8. The van der Waals surface area contributed by atoms with E-state index in [1.54, 1.807) is 10.9 Å². The highest BCUT2D eigenvalue weighted by molar-refractivity contribution is 5.78. The number of nitrogens with zero attached hydrogens (tertiary/aromatic N) is 5. The van der Waals surface area contributed by atoms with Crippen LogP contribution in [0, 0.1) is 19.8 Å². The molecule has 3 aromatic rings. The summed E-state index contributed by atoms with van der Waals surface area (Å²) in [5.41, 5.74) is 3.43. The van der Waals surface area contributed by atoms with Crippen molar-refractivity contribution in [2.75, 3.05) is 6.54 Å². The lowest BCUT2D eigenvalue weighted by molar-refractivity contribution is -0.138. The van der Waals surface area contributed by atoms with Crippen LogP contribution in [0.25, 0.3) is 16.7 Å². The highest BCUT2D eigenvalue weighted by Gasteiger charge is 2.35. The Morgan fingerprint density at radius 2 is 1.81 bits per heavy atom. The Balaban J connectivity index is 1.43. The zero-order valence-electron chi connectivity index (χ0n) is 18.3. The number of hydrogen-bond acceptors (Lipinski definition) is 4. The molecule has 2 unspecified atom stereocenters. The van der Waals surface area contributed by atoms with Gasteiger partial charge >= 0.3 is 0 Å². The molecule has 7 heteroatoms. The summed E-state index contributed by atoms with van der Waals surface area (Å²) in [6, 6.07) is 6.48. The summed E-state index contributed by atoms with van der Waals surface area (Å²) in [5.74, 6) is 0.654. The van der Waals surface area contributed by atoms with Gasteiger partial charge in [0.15, 0.2) is 5.65 Å². The van der Waals surface area contributed by atoms with Crippen LogP contribution in [0.15, 0.2) is 35.5 Å². The lowest BCUT2D eigenvalue weighted by Gasteiger charge is -2.44. The minimum atomic E-state index is -0.217. The molecular formula is C24H29N5O2.